The monoisotopic (exact) mass is 287 g/mol. The van der Waals surface area contributed by atoms with E-state index in [2.05, 4.69) is 23.2 Å². The molecule has 20 heavy (non-hydrogen) atoms. The summed E-state index contributed by atoms with van der Waals surface area (Å²) in [7, 11) is 1.74. The van der Waals surface area contributed by atoms with Crippen LogP contribution in [0.25, 0.3) is 5.57 Å². The fraction of sp³-hybridized carbons (Fsp3) is 0.200. The van der Waals surface area contributed by atoms with Crippen molar-refractivity contribution in [1.82, 2.24) is 14.5 Å². The Morgan fingerprint density at radius 3 is 2.70 bits per heavy atom. The van der Waals surface area contributed by atoms with Crippen LogP contribution in [-0.2, 0) is 7.05 Å². The first-order valence-electron chi connectivity index (χ1n) is 6.38. The van der Waals surface area contributed by atoms with Crippen LogP contribution in [0, 0.1) is 0 Å². The van der Waals surface area contributed by atoms with Gasteiger partial charge in [-0.15, -0.1) is 0 Å². The second-order valence-corrected chi connectivity index (χ2v) is 5.09. The van der Waals surface area contributed by atoms with Crippen molar-refractivity contribution >= 4 is 23.1 Å². The number of imidazole rings is 1. The molecule has 3 rings (SSSR count). The van der Waals surface area contributed by atoms with Gasteiger partial charge < -0.3 is 9.47 Å². The number of hydrogen-bond donors (Lipinski definition) is 0. The Kier molecular flexibility index (Phi) is 3.32. The quantitative estimate of drug-likeness (QED) is 0.851. The summed E-state index contributed by atoms with van der Waals surface area (Å²) >= 11 is 5.87. The fourth-order valence-corrected chi connectivity index (χ4v) is 2.46. The number of nitrogens with zero attached hydrogens (tertiary/aromatic N) is 3. The predicted molar refractivity (Wildman–Crippen MR) is 78.5 cm³/mol. The van der Waals surface area contributed by atoms with E-state index < -0.39 is 0 Å². The summed E-state index contributed by atoms with van der Waals surface area (Å²) in [6.07, 6.45) is 3.61. The van der Waals surface area contributed by atoms with Gasteiger partial charge in [-0.3, -0.25) is 4.79 Å². The summed E-state index contributed by atoms with van der Waals surface area (Å²) in [6, 6.07) is 10.1. The summed E-state index contributed by atoms with van der Waals surface area (Å²) < 4.78 is 1.60. The molecule has 5 heteroatoms. The molecule has 1 aromatic heterocycles. The fourth-order valence-electron chi connectivity index (χ4n) is 2.32. The molecule has 0 saturated carbocycles. The van der Waals surface area contributed by atoms with Crippen LogP contribution in [0.2, 0.25) is 5.28 Å². The minimum atomic E-state index is -0.0471. The van der Waals surface area contributed by atoms with E-state index in [4.69, 9.17) is 11.6 Å². The molecule has 1 aromatic carbocycles. The van der Waals surface area contributed by atoms with E-state index in [0.29, 0.717) is 24.1 Å². The Balaban J connectivity index is 1.76. The first-order chi connectivity index (χ1) is 9.66. The predicted octanol–water partition coefficient (Wildman–Crippen LogP) is 2.61. The van der Waals surface area contributed by atoms with Crippen LogP contribution >= 0.6 is 11.6 Å². The molecule has 2 heterocycles. The molecule has 0 radical (unpaired) electrons. The highest BCUT2D eigenvalue weighted by Gasteiger charge is 2.24. The van der Waals surface area contributed by atoms with Crippen LogP contribution in [0.5, 0.6) is 0 Å². The lowest BCUT2D eigenvalue weighted by Crippen LogP contribution is -2.30. The maximum Gasteiger partial charge on any atom is 0.272 e. The maximum atomic E-state index is 12.4. The van der Waals surface area contributed by atoms with Crippen LogP contribution in [0.15, 0.2) is 42.6 Å². The third-order valence-corrected chi connectivity index (χ3v) is 3.85. The first kappa shape index (κ1) is 12.9. The van der Waals surface area contributed by atoms with E-state index in [1.54, 1.807) is 16.5 Å². The molecular formula is C15H14ClN3O. The van der Waals surface area contributed by atoms with Crippen molar-refractivity contribution in [2.45, 2.75) is 0 Å². The number of carbonyl (C=O) groups is 1. The number of amides is 1. The zero-order chi connectivity index (χ0) is 14.1. The van der Waals surface area contributed by atoms with E-state index >= 15 is 0 Å². The Labute approximate surface area is 122 Å². The minimum Gasteiger partial charge on any atom is -0.329 e. The van der Waals surface area contributed by atoms with Gasteiger partial charge in [0.25, 0.3) is 5.91 Å². The molecule has 0 aliphatic carbocycles. The maximum absolute atomic E-state index is 12.4. The molecule has 0 spiro atoms. The molecule has 0 unspecified atom stereocenters. The second-order valence-electron chi connectivity index (χ2n) is 4.75. The molecule has 4 nitrogen and oxygen atoms in total. The third kappa shape index (κ3) is 2.23. The van der Waals surface area contributed by atoms with Crippen molar-refractivity contribution in [2.75, 3.05) is 13.1 Å². The van der Waals surface area contributed by atoms with Crippen molar-refractivity contribution in [3.8, 4) is 0 Å². The van der Waals surface area contributed by atoms with Crippen LogP contribution in [0.4, 0.5) is 0 Å². The summed E-state index contributed by atoms with van der Waals surface area (Å²) in [5.41, 5.74) is 2.84. The number of carbonyl (C=O) groups excluding carboxylic acids is 1. The van der Waals surface area contributed by atoms with Gasteiger partial charge in [0, 0.05) is 20.1 Å². The van der Waals surface area contributed by atoms with Crippen molar-refractivity contribution in [2.24, 2.45) is 7.05 Å². The Hall–Kier alpha value is -2.07. The Morgan fingerprint density at radius 1 is 1.30 bits per heavy atom. The van der Waals surface area contributed by atoms with Gasteiger partial charge in [-0.25, -0.2) is 4.98 Å². The molecule has 0 N–H and O–H groups in total. The van der Waals surface area contributed by atoms with Crippen molar-refractivity contribution < 1.29 is 4.79 Å². The number of rotatable bonds is 2. The van der Waals surface area contributed by atoms with Gasteiger partial charge in [-0.2, -0.15) is 0 Å². The van der Waals surface area contributed by atoms with E-state index in [9.17, 15) is 4.79 Å². The van der Waals surface area contributed by atoms with Gasteiger partial charge in [0.05, 0.1) is 6.20 Å². The van der Waals surface area contributed by atoms with E-state index in [0.717, 1.165) is 5.56 Å². The third-order valence-electron chi connectivity index (χ3n) is 3.50. The average Bonchev–Trinajstić information content (AvgIpc) is 3.08. The molecule has 0 bridgehead atoms. The highest BCUT2D eigenvalue weighted by Crippen LogP contribution is 2.22. The van der Waals surface area contributed by atoms with Crippen LogP contribution in [0.1, 0.15) is 16.1 Å². The highest BCUT2D eigenvalue weighted by atomic mass is 35.5. The normalized spacial score (nSPS) is 14.5. The standard InChI is InChI=1S/C15H14ClN3O/c1-18-13(9-17-15(18)16)14(20)19-8-7-12(10-19)11-5-3-2-4-6-11/h2-7,9H,8,10H2,1H3. The molecule has 0 fully saturated rings. The second kappa shape index (κ2) is 5.13. The van der Waals surface area contributed by atoms with Crippen molar-refractivity contribution in [3.63, 3.8) is 0 Å². The van der Waals surface area contributed by atoms with Gasteiger partial charge in [0.15, 0.2) is 0 Å². The van der Waals surface area contributed by atoms with Gasteiger partial charge in [-0.1, -0.05) is 36.4 Å². The highest BCUT2D eigenvalue weighted by molar-refractivity contribution is 6.28. The molecule has 1 aliphatic heterocycles. The molecule has 2 aromatic rings. The molecule has 1 aliphatic rings. The summed E-state index contributed by atoms with van der Waals surface area (Å²) in [5.74, 6) is -0.0471. The SMILES string of the molecule is Cn1c(C(=O)N2CC=C(c3ccccc3)C2)cnc1Cl. The zero-order valence-corrected chi connectivity index (χ0v) is 11.8. The van der Waals surface area contributed by atoms with Crippen LogP contribution < -0.4 is 0 Å². The van der Waals surface area contributed by atoms with Gasteiger partial charge >= 0.3 is 0 Å². The van der Waals surface area contributed by atoms with E-state index in [1.165, 1.54) is 11.8 Å². The van der Waals surface area contributed by atoms with Crippen LogP contribution in [-0.4, -0.2) is 33.4 Å². The molecule has 0 saturated heterocycles. The minimum absolute atomic E-state index is 0.0471. The molecule has 0 atom stereocenters. The smallest absolute Gasteiger partial charge is 0.272 e. The lowest BCUT2D eigenvalue weighted by atomic mass is 10.1. The molecule has 1 amide bonds. The largest absolute Gasteiger partial charge is 0.329 e. The van der Waals surface area contributed by atoms with Crippen molar-refractivity contribution in [1.29, 1.82) is 0 Å². The Morgan fingerprint density at radius 2 is 2.05 bits per heavy atom. The first-order valence-corrected chi connectivity index (χ1v) is 6.75. The van der Waals surface area contributed by atoms with E-state index in [-0.39, 0.29) is 5.91 Å². The van der Waals surface area contributed by atoms with Crippen LogP contribution in [0.3, 0.4) is 0 Å². The van der Waals surface area contributed by atoms with Gasteiger partial charge in [0.2, 0.25) is 5.28 Å². The van der Waals surface area contributed by atoms with Crippen molar-refractivity contribution in [3.05, 3.63) is 59.1 Å². The number of hydrogen-bond acceptors (Lipinski definition) is 2. The average molecular weight is 288 g/mol. The zero-order valence-electron chi connectivity index (χ0n) is 11.1. The lowest BCUT2D eigenvalue weighted by Gasteiger charge is -2.16. The summed E-state index contributed by atoms with van der Waals surface area (Å²) in [5, 5.41) is 0.323. The topological polar surface area (TPSA) is 38.1 Å². The number of benzene rings is 1. The molecule has 102 valence electrons. The lowest BCUT2D eigenvalue weighted by molar-refractivity contribution is 0.0792. The summed E-state index contributed by atoms with van der Waals surface area (Å²) in [6.45, 7) is 1.23. The van der Waals surface area contributed by atoms with Gasteiger partial charge in [0.1, 0.15) is 5.69 Å². The summed E-state index contributed by atoms with van der Waals surface area (Å²) in [4.78, 5) is 18.2. The number of halogens is 1. The Bertz CT molecular complexity index is 676. The molecular weight excluding hydrogens is 274 g/mol. The van der Waals surface area contributed by atoms with E-state index in [1.807, 2.05) is 18.2 Å². The van der Waals surface area contributed by atoms with Gasteiger partial charge in [-0.05, 0) is 22.7 Å². The number of aromatic nitrogens is 2.